The van der Waals surface area contributed by atoms with Crippen LogP contribution in [0.1, 0.15) is 16.8 Å². The van der Waals surface area contributed by atoms with Gasteiger partial charge in [-0.05, 0) is 43.8 Å². The van der Waals surface area contributed by atoms with Gasteiger partial charge < -0.3 is 10.6 Å². The van der Waals surface area contributed by atoms with Gasteiger partial charge in [-0.2, -0.15) is 0 Å². The van der Waals surface area contributed by atoms with Gasteiger partial charge in [0.1, 0.15) is 5.82 Å². The molecule has 1 aromatic heterocycles. The monoisotopic (exact) mass is 300 g/mol. The molecule has 0 saturated heterocycles. The largest absolute Gasteiger partial charge is 0.340 e. The van der Waals surface area contributed by atoms with E-state index in [0.29, 0.717) is 0 Å². The third kappa shape index (κ3) is 3.36. The maximum Gasteiger partial charge on any atom is 0.189 e. The molecule has 0 aliphatic carbocycles. The predicted molar refractivity (Wildman–Crippen MR) is 88.6 cm³/mol. The molecule has 0 atom stereocenters. The molecule has 1 aromatic carbocycles. The molecular formula is C16H20N4S. The second kappa shape index (κ2) is 6.45. The summed E-state index contributed by atoms with van der Waals surface area (Å²) in [5.41, 5.74) is 4.75. The lowest BCUT2D eigenvalue weighted by Gasteiger charge is -2.14. The van der Waals surface area contributed by atoms with Gasteiger partial charge in [-0.1, -0.05) is 23.9 Å². The van der Waals surface area contributed by atoms with Crippen LogP contribution in [0.4, 0.5) is 11.5 Å². The van der Waals surface area contributed by atoms with Crippen LogP contribution in [0.15, 0.2) is 29.4 Å². The highest BCUT2D eigenvalue weighted by Crippen LogP contribution is 2.26. The smallest absolute Gasteiger partial charge is 0.189 e. The van der Waals surface area contributed by atoms with Crippen LogP contribution in [-0.4, -0.2) is 29.3 Å². The summed E-state index contributed by atoms with van der Waals surface area (Å²) in [4.78, 5) is 9.37. The summed E-state index contributed by atoms with van der Waals surface area (Å²) in [7, 11) is 0. The minimum Gasteiger partial charge on any atom is -0.340 e. The number of nitrogens with one attached hydrogen (secondary N) is 2. The maximum atomic E-state index is 4.68. The Labute approximate surface area is 129 Å². The fraction of sp³-hybridized carbons (Fsp3) is 0.375. The van der Waals surface area contributed by atoms with Crippen molar-refractivity contribution in [1.29, 1.82) is 0 Å². The van der Waals surface area contributed by atoms with E-state index >= 15 is 0 Å². The van der Waals surface area contributed by atoms with Crippen LogP contribution in [0.2, 0.25) is 0 Å². The van der Waals surface area contributed by atoms with Crippen LogP contribution < -0.4 is 10.6 Å². The highest BCUT2D eigenvalue weighted by Gasteiger charge is 2.16. The molecular weight excluding hydrogens is 280 g/mol. The Morgan fingerprint density at radius 3 is 2.86 bits per heavy atom. The normalized spacial score (nSPS) is 14.4. The van der Waals surface area contributed by atoms with Crippen molar-refractivity contribution < 1.29 is 0 Å². The fourth-order valence-corrected chi connectivity index (χ4v) is 2.96. The molecule has 4 nitrogen and oxygen atoms in total. The quantitative estimate of drug-likeness (QED) is 0.674. The van der Waals surface area contributed by atoms with E-state index in [1.54, 1.807) is 11.8 Å². The minimum atomic E-state index is 0.839. The van der Waals surface area contributed by atoms with E-state index in [4.69, 9.17) is 0 Å². The number of thioether (sulfide) groups is 1. The van der Waals surface area contributed by atoms with Crippen LogP contribution in [0.3, 0.4) is 0 Å². The number of fused-ring (bicyclic) bond motifs is 1. The van der Waals surface area contributed by atoms with E-state index in [2.05, 4.69) is 51.8 Å². The zero-order valence-corrected chi connectivity index (χ0v) is 13.3. The fourth-order valence-electron chi connectivity index (χ4n) is 2.58. The van der Waals surface area contributed by atoms with Gasteiger partial charge in [0, 0.05) is 24.2 Å². The Morgan fingerprint density at radius 2 is 2.05 bits per heavy atom. The van der Waals surface area contributed by atoms with Gasteiger partial charge in [0.15, 0.2) is 5.16 Å². The van der Waals surface area contributed by atoms with E-state index in [1.807, 2.05) is 6.26 Å². The highest BCUT2D eigenvalue weighted by atomic mass is 32.2. The molecule has 3 rings (SSSR count). The molecule has 1 aliphatic rings. The van der Waals surface area contributed by atoms with Crippen molar-refractivity contribution >= 4 is 23.3 Å². The Balaban J connectivity index is 1.99. The summed E-state index contributed by atoms with van der Waals surface area (Å²) in [6.45, 7) is 4.07. The van der Waals surface area contributed by atoms with Crippen molar-refractivity contribution in [2.45, 2.75) is 24.9 Å². The molecule has 0 bridgehead atoms. The van der Waals surface area contributed by atoms with E-state index in [-0.39, 0.29) is 0 Å². The molecule has 0 radical (unpaired) electrons. The number of hydrogen-bond donors (Lipinski definition) is 2. The first-order valence-corrected chi connectivity index (χ1v) is 8.47. The van der Waals surface area contributed by atoms with Gasteiger partial charge in [-0.3, -0.25) is 0 Å². The summed E-state index contributed by atoms with van der Waals surface area (Å²) in [5, 5.41) is 7.75. The Morgan fingerprint density at radius 1 is 1.19 bits per heavy atom. The molecule has 5 heteroatoms. The minimum absolute atomic E-state index is 0.839. The summed E-state index contributed by atoms with van der Waals surface area (Å²) < 4.78 is 0. The van der Waals surface area contributed by atoms with Crippen LogP contribution in [-0.2, 0) is 12.8 Å². The third-order valence-corrected chi connectivity index (χ3v) is 4.17. The lowest BCUT2D eigenvalue weighted by atomic mass is 10.1. The van der Waals surface area contributed by atoms with E-state index in [0.717, 1.165) is 42.6 Å². The topological polar surface area (TPSA) is 49.8 Å². The lowest BCUT2D eigenvalue weighted by molar-refractivity contribution is 0.707. The van der Waals surface area contributed by atoms with Crippen LogP contribution >= 0.6 is 11.8 Å². The third-order valence-electron chi connectivity index (χ3n) is 3.63. The first kappa shape index (κ1) is 14.4. The molecule has 1 aliphatic heterocycles. The van der Waals surface area contributed by atoms with Crippen molar-refractivity contribution in [2.24, 2.45) is 0 Å². The molecule has 2 heterocycles. The van der Waals surface area contributed by atoms with E-state index in [9.17, 15) is 0 Å². The number of anilines is 2. The van der Waals surface area contributed by atoms with Gasteiger partial charge in [0.25, 0.3) is 0 Å². The van der Waals surface area contributed by atoms with Gasteiger partial charge in [0.2, 0.25) is 0 Å². The molecule has 0 amide bonds. The molecule has 0 fully saturated rings. The Bertz CT molecular complexity index is 642. The SMILES string of the molecule is CSc1nc2c(c(Nc3cccc(C)c3)n1)CCNCC2. The van der Waals surface area contributed by atoms with Crippen molar-refractivity contribution in [2.75, 3.05) is 24.7 Å². The molecule has 21 heavy (non-hydrogen) atoms. The van der Waals surface area contributed by atoms with Crippen molar-refractivity contribution in [3.05, 3.63) is 41.1 Å². The van der Waals surface area contributed by atoms with Crippen molar-refractivity contribution in [3.63, 3.8) is 0 Å². The van der Waals surface area contributed by atoms with Gasteiger partial charge in [-0.25, -0.2) is 9.97 Å². The molecule has 0 saturated carbocycles. The number of nitrogens with zero attached hydrogens (tertiary/aromatic N) is 2. The molecule has 0 unspecified atom stereocenters. The molecule has 110 valence electrons. The second-order valence-electron chi connectivity index (χ2n) is 5.23. The van der Waals surface area contributed by atoms with Crippen LogP contribution in [0.25, 0.3) is 0 Å². The first-order chi connectivity index (χ1) is 10.3. The van der Waals surface area contributed by atoms with Gasteiger partial charge in [0.05, 0.1) is 5.69 Å². The zero-order valence-electron chi connectivity index (χ0n) is 12.4. The van der Waals surface area contributed by atoms with Crippen LogP contribution in [0, 0.1) is 6.92 Å². The first-order valence-electron chi connectivity index (χ1n) is 7.24. The summed E-state index contributed by atoms with van der Waals surface area (Å²) >= 11 is 1.59. The predicted octanol–water partition coefficient (Wildman–Crippen LogP) is 2.94. The highest BCUT2D eigenvalue weighted by molar-refractivity contribution is 7.98. The number of rotatable bonds is 3. The standard InChI is InChI=1S/C16H20N4S/c1-11-4-3-5-12(10-11)18-15-13-6-8-17-9-7-14(13)19-16(20-15)21-2/h3-5,10,17H,6-9H2,1-2H3,(H,18,19,20). The Kier molecular flexibility index (Phi) is 4.41. The Hall–Kier alpha value is -1.59. The van der Waals surface area contributed by atoms with Gasteiger partial charge in [-0.15, -0.1) is 0 Å². The number of aromatic nitrogens is 2. The lowest BCUT2D eigenvalue weighted by Crippen LogP contribution is -2.16. The summed E-state index contributed by atoms with van der Waals surface area (Å²) in [6.07, 6.45) is 3.96. The second-order valence-corrected chi connectivity index (χ2v) is 6.00. The van der Waals surface area contributed by atoms with E-state index in [1.165, 1.54) is 16.8 Å². The molecule has 2 aromatic rings. The average molecular weight is 300 g/mol. The maximum absolute atomic E-state index is 4.68. The number of aryl methyl sites for hydroxylation is 1. The van der Waals surface area contributed by atoms with E-state index < -0.39 is 0 Å². The molecule has 2 N–H and O–H groups in total. The zero-order chi connectivity index (χ0) is 14.7. The summed E-state index contributed by atoms with van der Waals surface area (Å²) in [6, 6.07) is 8.38. The number of hydrogen-bond acceptors (Lipinski definition) is 5. The average Bonchev–Trinajstić information content (AvgIpc) is 2.72. The summed E-state index contributed by atoms with van der Waals surface area (Å²) in [5.74, 6) is 0.957. The van der Waals surface area contributed by atoms with Crippen molar-refractivity contribution in [3.8, 4) is 0 Å². The van der Waals surface area contributed by atoms with Crippen LogP contribution in [0.5, 0.6) is 0 Å². The van der Waals surface area contributed by atoms with Crippen molar-refractivity contribution in [1.82, 2.24) is 15.3 Å². The van der Waals surface area contributed by atoms with Gasteiger partial charge >= 0.3 is 0 Å². The molecule has 0 spiro atoms. The number of benzene rings is 1.